The largest absolute Gasteiger partial charge is 0.394 e. The fourth-order valence-corrected chi connectivity index (χ4v) is 5.65. The summed E-state index contributed by atoms with van der Waals surface area (Å²) in [5.74, 6) is 0. The third-order valence-corrected chi connectivity index (χ3v) is 8.29. The molecule has 256 valence electrons. The van der Waals surface area contributed by atoms with Crippen molar-refractivity contribution < 1.29 is 98.8 Å². The molecule has 5 saturated heterocycles. The van der Waals surface area contributed by atoms with Crippen LogP contribution in [0.15, 0.2) is 0 Å². The molecular weight excluding hydrogens is 608 g/mol. The van der Waals surface area contributed by atoms with Crippen LogP contribution in [0.5, 0.6) is 0 Å². The van der Waals surface area contributed by atoms with Crippen LogP contribution in [0.25, 0.3) is 0 Å². The van der Waals surface area contributed by atoms with Crippen LogP contribution in [0.1, 0.15) is 0 Å². The summed E-state index contributed by atoms with van der Waals surface area (Å²) in [4.78, 5) is 0. The molecule has 11 N–H and O–H groups in total. The Morgan fingerprint density at radius 1 is 0.432 bits per heavy atom. The molecule has 0 bridgehead atoms. The van der Waals surface area contributed by atoms with Gasteiger partial charge in [-0.2, -0.15) is 0 Å². The number of epoxide rings is 1. The summed E-state index contributed by atoms with van der Waals surface area (Å²) < 4.78 is 49.4. The summed E-state index contributed by atoms with van der Waals surface area (Å²) in [5.41, 5.74) is 0. The van der Waals surface area contributed by atoms with E-state index < -0.39 is 143 Å². The molecule has 8 unspecified atom stereocenters. The minimum atomic E-state index is -1.93. The van der Waals surface area contributed by atoms with Gasteiger partial charge in [-0.15, -0.1) is 0 Å². The highest BCUT2D eigenvalue weighted by Gasteiger charge is 2.60. The number of methoxy groups -OCH3 is 1. The van der Waals surface area contributed by atoms with Gasteiger partial charge in [0.1, 0.15) is 91.6 Å². The van der Waals surface area contributed by atoms with Crippen molar-refractivity contribution in [2.24, 2.45) is 0 Å². The molecule has 0 amide bonds. The van der Waals surface area contributed by atoms with Gasteiger partial charge < -0.3 is 98.8 Å². The van der Waals surface area contributed by atoms with Crippen LogP contribution in [-0.4, -0.2) is 206 Å². The lowest BCUT2D eigenvalue weighted by Crippen LogP contribution is -2.67. The Hall–Kier alpha value is -0.800. The maximum atomic E-state index is 11.2. The van der Waals surface area contributed by atoms with Gasteiger partial charge in [-0.3, -0.25) is 0 Å². The summed E-state index contributed by atoms with van der Waals surface area (Å²) in [6, 6.07) is 0. The molecule has 0 radical (unpaired) electrons. The maximum Gasteiger partial charge on any atom is 0.190 e. The van der Waals surface area contributed by atoms with E-state index in [1.165, 1.54) is 7.11 Å². The summed E-state index contributed by atoms with van der Waals surface area (Å²) in [6.07, 6.45) is -31.4. The fourth-order valence-electron chi connectivity index (χ4n) is 5.65. The Balaban J connectivity index is 1.36. The Morgan fingerprint density at radius 3 is 1.50 bits per heavy atom. The van der Waals surface area contributed by atoms with E-state index in [4.69, 9.17) is 42.6 Å². The summed E-state index contributed by atoms with van der Waals surface area (Å²) >= 11 is 0. The van der Waals surface area contributed by atoms with Gasteiger partial charge in [-0.05, 0) is 0 Å². The number of hydrogen-bond acceptors (Lipinski definition) is 20. The zero-order chi connectivity index (χ0) is 32.0. The fraction of sp³-hybridized carbons (Fsp3) is 1.00. The molecule has 0 aromatic heterocycles. The number of rotatable bonds is 10. The summed E-state index contributed by atoms with van der Waals surface area (Å²) in [5, 5.41) is 114. The van der Waals surface area contributed by atoms with E-state index in [1.807, 2.05) is 0 Å². The molecule has 0 saturated carbocycles. The third-order valence-electron chi connectivity index (χ3n) is 8.29. The summed E-state index contributed by atoms with van der Waals surface area (Å²) in [7, 11) is 1.28. The van der Waals surface area contributed by atoms with Gasteiger partial charge in [0.15, 0.2) is 31.5 Å². The van der Waals surface area contributed by atoms with Crippen molar-refractivity contribution in [1.29, 1.82) is 0 Å². The van der Waals surface area contributed by atoms with E-state index in [0.29, 0.717) is 0 Å². The lowest BCUT2D eigenvalue weighted by Gasteiger charge is -2.48. The minimum Gasteiger partial charge on any atom is -0.394 e. The van der Waals surface area contributed by atoms with E-state index in [2.05, 4.69) is 0 Å². The lowest BCUT2D eigenvalue weighted by atomic mass is 9.96. The molecular formula is C24H40O20. The van der Waals surface area contributed by atoms with E-state index in [1.54, 1.807) is 0 Å². The van der Waals surface area contributed by atoms with E-state index in [9.17, 15) is 56.2 Å². The molecule has 20 atom stereocenters. The molecule has 20 nitrogen and oxygen atoms in total. The predicted molar refractivity (Wildman–Crippen MR) is 130 cm³/mol. The molecule has 5 aliphatic rings. The average Bonchev–Trinajstić information content (AvgIpc) is 3.80. The molecule has 0 spiro atoms. The van der Waals surface area contributed by atoms with Crippen LogP contribution in [0.3, 0.4) is 0 Å². The smallest absolute Gasteiger partial charge is 0.190 e. The predicted octanol–water partition coefficient (Wildman–Crippen LogP) is -8.09. The summed E-state index contributed by atoms with van der Waals surface area (Å²) in [6.45, 7) is -2.43. The van der Waals surface area contributed by atoms with Crippen molar-refractivity contribution in [2.45, 2.75) is 123 Å². The first-order valence-electron chi connectivity index (χ1n) is 14.0. The maximum absolute atomic E-state index is 11.2. The molecule has 20 heteroatoms. The van der Waals surface area contributed by atoms with Crippen LogP contribution in [0.2, 0.25) is 0 Å². The highest BCUT2D eigenvalue weighted by molar-refractivity contribution is 4.99. The Bertz CT molecular complexity index is 930. The normalized spacial score (nSPS) is 54.5. The molecule has 5 rings (SSSR count). The topological polar surface area (TPSA) is 309 Å². The Kier molecular flexibility index (Phi) is 11.1. The van der Waals surface area contributed by atoms with Crippen LogP contribution < -0.4 is 0 Å². The van der Waals surface area contributed by atoms with E-state index >= 15 is 0 Å². The molecule has 5 heterocycles. The second-order valence-electron chi connectivity index (χ2n) is 11.1. The average molecular weight is 649 g/mol. The number of hydrogen-bond donors (Lipinski definition) is 11. The molecule has 0 aliphatic carbocycles. The monoisotopic (exact) mass is 648 g/mol. The van der Waals surface area contributed by atoms with Crippen molar-refractivity contribution in [3.8, 4) is 0 Å². The van der Waals surface area contributed by atoms with Crippen LogP contribution in [0, 0.1) is 0 Å². The van der Waals surface area contributed by atoms with Crippen molar-refractivity contribution in [3.63, 3.8) is 0 Å². The van der Waals surface area contributed by atoms with Gasteiger partial charge in [0.2, 0.25) is 0 Å². The number of aliphatic hydroxyl groups excluding tert-OH is 11. The van der Waals surface area contributed by atoms with Crippen molar-refractivity contribution in [2.75, 3.05) is 26.9 Å². The molecule has 5 aliphatic heterocycles. The first kappa shape index (κ1) is 34.5. The quantitative estimate of drug-likeness (QED) is 0.0980. The van der Waals surface area contributed by atoms with Gasteiger partial charge in [0, 0.05) is 7.11 Å². The molecule has 44 heavy (non-hydrogen) atoms. The van der Waals surface area contributed by atoms with Crippen molar-refractivity contribution >= 4 is 0 Å². The van der Waals surface area contributed by atoms with Gasteiger partial charge >= 0.3 is 0 Å². The van der Waals surface area contributed by atoms with Gasteiger partial charge in [0.05, 0.1) is 19.8 Å². The molecule has 5 fully saturated rings. The second kappa shape index (κ2) is 14.1. The van der Waals surface area contributed by atoms with Crippen LogP contribution in [-0.2, 0) is 42.6 Å². The first-order valence-corrected chi connectivity index (χ1v) is 14.0. The van der Waals surface area contributed by atoms with Crippen molar-refractivity contribution in [1.82, 2.24) is 0 Å². The Labute approximate surface area is 249 Å². The lowest BCUT2D eigenvalue weighted by molar-refractivity contribution is -0.392. The minimum absolute atomic E-state index is 0.758. The van der Waals surface area contributed by atoms with E-state index in [-0.39, 0.29) is 0 Å². The highest BCUT2D eigenvalue weighted by atomic mass is 16.8. The number of fused-ring (bicyclic) bond motifs is 1. The SMILES string of the molecule is CO[C@@H]1OC2O[C@@H]2C(O[C@@H]2OC(CO)[C@@H](O)C(O[C@@H]3OC(CO)[C@@H](O)C(O)[C@H]3O[C@H]3OC(CO)[C@@H](O)C(O)[C@H]3O)[C@H]2O)[C@@H]1O. The first-order chi connectivity index (χ1) is 20.9. The zero-order valence-corrected chi connectivity index (χ0v) is 23.3. The second-order valence-corrected chi connectivity index (χ2v) is 11.1. The zero-order valence-electron chi connectivity index (χ0n) is 23.3. The van der Waals surface area contributed by atoms with Crippen LogP contribution >= 0.6 is 0 Å². The number of ether oxygens (including phenoxy) is 9. The Morgan fingerprint density at radius 2 is 0.909 bits per heavy atom. The molecule has 0 aromatic rings. The molecule has 0 aromatic carbocycles. The van der Waals surface area contributed by atoms with E-state index in [0.717, 1.165) is 0 Å². The standard InChI is InChI=1S/C24H40O20/c1-36-20-15(35)17(19-24(43-19)44-20)41-22-14(34)16(10(30)7(4-27)38-22)40-23-18(12(32)9(29)6(3-26)39-23)42-21-13(33)11(31)8(28)5(2-25)37-21/h5-35H,2-4H2,1H3/t5?,6?,7?,8-,9-,10-,11?,12?,13-,14-,15+,16?,17?,18-,19-,20-,21-,22+,23+,24?/m1/s1. The van der Waals surface area contributed by atoms with Crippen LogP contribution in [0.4, 0.5) is 0 Å². The van der Waals surface area contributed by atoms with Gasteiger partial charge in [-0.1, -0.05) is 0 Å². The highest BCUT2D eigenvalue weighted by Crippen LogP contribution is 2.40. The number of aliphatic hydroxyl groups is 11. The van der Waals surface area contributed by atoms with Gasteiger partial charge in [-0.25, -0.2) is 0 Å². The third kappa shape index (κ3) is 6.50. The van der Waals surface area contributed by atoms with Crippen molar-refractivity contribution in [3.05, 3.63) is 0 Å². The van der Waals surface area contributed by atoms with Gasteiger partial charge in [0.25, 0.3) is 0 Å².